The first-order valence-electron chi connectivity index (χ1n) is 8.66. The molecule has 0 fully saturated rings. The molecule has 0 amide bonds. The highest BCUT2D eigenvalue weighted by atomic mass is 79.9. The van der Waals surface area contributed by atoms with E-state index in [4.69, 9.17) is 0 Å². The van der Waals surface area contributed by atoms with Crippen LogP contribution in [0.5, 0.6) is 0 Å². The summed E-state index contributed by atoms with van der Waals surface area (Å²) >= 11 is 3.68. The first-order chi connectivity index (χ1) is 12.8. The number of fused-ring (bicyclic) bond motifs is 3. The van der Waals surface area contributed by atoms with Crippen LogP contribution in [0.25, 0.3) is 38.6 Å². The monoisotopic (exact) mass is 397 g/mol. The van der Waals surface area contributed by atoms with Gasteiger partial charge in [0.25, 0.3) is 0 Å². The molecule has 26 heavy (non-hydrogen) atoms. The number of benzene rings is 4. The highest BCUT2D eigenvalue weighted by molar-refractivity contribution is 9.10. The zero-order chi connectivity index (χ0) is 17.5. The summed E-state index contributed by atoms with van der Waals surface area (Å²) < 4.78 is 3.46. The van der Waals surface area contributed by atoms with E-state index in [1.165, 1.54) is 38.6 Å². The number of halogens is 1. The lowest BCUT2D eigenvalue weighted by Crippen LogP contribution is -1.92. The molecule has 0 saturated carbocycles. The molecule has 1 heterocycles. The average Bonchev–Trinajstić information content (AvgIpc) is 3.03. The molecule has 0 aliphatic carbocycles. The van der Waals surface area contributed by atoms with Gasteiger partial charge in [-0.2, -0.15) is 0 Å². The summed E-state index contributed by atoms with van der Waals surface area (Å²) in [6.45, 7) is 0. The summed E-state index contributed by atoms with van der Waals surface area (Å²) in [4.78, 5) is 0. The van der Waals surface area contributed by atoms with Gasteiger partial charge in [0.1, 0.15) is 0 Å². The van der Waals surface area contributed by atoms with Crippen molar-refractivity contribution < 1.29 is 0 Å². The number of hydrogen-bond acceptors (Lipinski definition) is 0. The van der Waals surface area contributed by atoms with E-state index in [1.807, 2.05) is 6.07 Å². The van der Waals surface area contributed by atoms with Crippen molar-refractivity contribution in [2.24, 2.45) is 0 Å². The van der Waals surface area contributed by atoms with Gasteiger partial charge in [0, 0.05) is 20.9 Å². The van der Waals surface area contributed by atoms with Crippen LogP contribution in [0.15, 0.2) is 102 Å². The maximum Gasteiger partial charge on any atom is 0.0541 e. The standard InChI is InChI=1S/C24H16BrN/c25-22-12-6-4-10-19(22)17-14-15-24-21(16-17)20-11-5-7-13-23(20)26(24)18-8-2-1-3-9-18/h1-16H. The molecule has 124 valence electrons. The molecule has 1 nitrogen and oxygen atoms in total. The number of rotatable bonds is 2. The van der Waals surface area contributed by atoms with Gasteiger partial charge in [-0.05, 0) is 47.5 Å². The topological polar surface area (TPSA) is 4.93 Å². The highest BCUT2D eigenvalue weighted by Gasteiger charge is 2.13. The van der Waals surface area contributed by atoms with E-state index >= 15 is 0 Å². The Hall–Kier alpha value is -2.84. The third kappa shape index (κ3) is 2.38. The Balaban J connectivity index is 1.86. The average molecular weight is 398 g/mol. The van der Waals surface area contributed by atoms with E-state index < -0.39 is 0 Å². The Morgan fingerprint density at radius 3 is 2.12 bits per heavy atom. The summed E-state index contributed by atoms with van der Waals surface area (Å²) in [7, 11) is 0. The van der Waals surface area contributed by atoms with Crippen LogP contribution in [-0.2, 0) is 0 Å². The molecule has 4 aromatic carbocycles. The Morgan fingerprint density at radius 2 is 1.27 bits per heavy atom. The van der Waals surface area contributed by atoms with Gasteiger partial charge in [-0.3, -0.25) is 0 Å². The van der Waals surface area contributed by atoms with Gasteiger partial charge < -0.3 is 4.57 Å². The zero-order valence-corrected chi connectivity index (χ0v) is 15.6. The summed E-state index contributed by atoms with van der Waals surface area (Å²) in [6.07, 6.45) is 0. The molecule has 0 spiro atoms. The number of nitrogens with zero attached hydrogens (tertiary/aromatic N) is 1. The van der Waals surface area contributed by atoms with Gasteiger partial charge in [-0.15, -0.1) is 0 Å². The summed E-state index contributed by atoms with van der Waals surface area (Å²) in [5, 5.41) is 2.55. The predicted octanol–water partition coefficient (Wildman–Crippen LogP) is 7.21. The van der Waals surface area contributed by atoms with Gasteiger partial charge in [0.15, 0.2) is 0 Å². The quantitative estimate of drug-likeness (QED) is 0.296. The van der Waals surface area contributed by atoms with E-state index in [2.05, 4.69) is 111 Å². The molecule has 1 aromatic heterocycles. The summed E-state index contributed by atoms with van der Waals surface area (Å²) in [5.74, 6) is 0. The Morgan fingerprint density at radius 1 is 0.577 bits per heavy atom. The minimum atomic E-state index is 1.12. The first-order valence-corrected chi connectivity index (χ1v) is 9.46. The van der Waals surface area contributed by atoms with E-state index in [1.54, 1.807) is 0 Å². The van der Waals surface area contributed by atoms with Crippen LogP contribution in [0.4, 0.5) is 0 Å². The fourth-order valence-electron chi connectivity index (χ4n) is 3.69. The highest BCUT2D eigenvalue weighted by Crippen LogP contribution is 2.36. The Kier molecular flexibility index (Phi) is 3.65. The van der Waals surface area contributed by atoms with Crippen LogP contribution < -0.4 is 0 Å². The van der Waals surface area contributed by atoms with Crippen molar-refractivity contribution in [2.75, 3.05) is 0 Å². The molecule has 5 rings (SSSR count). The minimum absolute atomic E-state index is 1.12. The summed E-state index contributed by atoms with van der Waals surface area (Å²) in [6, 6.07) is 34.3. The molecule has 0 bridgehead atoms. The second kappa shape index (κ2) is 6.15. The number of hydrogen-bond donors (Lipinski definition) is 0. The van der Waals surface area contributed by atoms with E-state index in [9.17, 15) is 0 Å². The van der Waals surface area contributed by atoms with Crippen LogP contribution in [0.1, 0.15) is 0 Å². The van der Waals surface area contributed by atoms with Crippen LogP contribution in [-0.4, -0.2) is 4.57 Å². The Bertz CT molecular complexity index is 1240. The molecular formula is C24H16BrN. The van der Waals surface area contributed by atoms with Crippen LogP contribution in [0, 0.1) is 0 Å². The van der Waals surface area contributed by atoms with Gasteiger partial charge >= 0.3 is 0 Å². The molecule has 0 saturated heterocycles. The molecule has 2 heteroatoms. The third-order valence-corrected chi connectivity index (χ3v) is 5.56. The molecule has 0 aliphatic rings. The molecule has 0 atom stereocenters. The van der Waals surface area contributed by atoms with Gasteiger partial charge in [-0.25, -0.2) is 0 Å². The minimum Gasteiger partial charge on any atom is -0.309 e. The van der Waals surface area contributed by atoms with Crippen molar-refractivity contribution in [2.45, 2.75) is 0 Å². The molecular weight excluding hydrogens is 382 g/mol. The first kappa shape index (κ1) is 15.4. The lowest BCUT2D eigenvalue weighted by molar-refractivity contribution is 1.18. The van der Waals surface area contributed by atoms with E-state index in [0.717, 1.165) is 4.47 Å². The lowest BCUT2D eigenvalue weighted by Gasteiger charge is -2.08. The van der Waals surface area contributed by atoms with Crippen LogP contribution >= 0.6 is 15.9 Å². The van der Waals surface area contributed by atoms with Crippen molar-refractivity contribution >= 4 is 37.7 Å². The summed E-state index contributed by atoms with van der Waals surface area (Å²) in [5.41, 5.74) is 6.09. The number of aromatic nitrogens is 1. The fraction of sp³-hybridized carbons (Fsp3) is 0. The molecule has 5 aromatic rings. The van der Waals surface area contributed by atoms with Gasteiger partial charge in [-0.1, -0.05) is 76.6 Å². The normalized spacial score (nSPS) is 11.3. The molecule has 0 unspecified atom stereocenters. The van der Waals surface area contributed by atoms with Crippen molar-refractivity contribution in [3.05, 3.63) is 102 Å². The largest absolute Gasteiger partial charge is 0.309 e. The molecule has 0 aliphatic heterocycles. The van der Waals surface area contributed by atoms with Crippen molar-refractivity contribution in [1.82, 2.24) is 4.57 Å². The van der Waals surface area contributed by atoms with Crippen molar-refractivity contribution in [3.8, 4) is 16.8 Å². The van der Waals surface area contributed by atoms with Crippen LogP contribution in [0.3, 0.4) is 0 Å². The predicted molar refractivity (Wildman–Crippen MR) is 114 cm³/mol. The maximum absolute atomic E-state index is 3.68. The van der Waals surface area contributed by atoms with Gasteiger partial charge in [0.05, 0.1) is 11.0 Å². The second-order valence-electron chi connectivity index (χ2n) is 6.40. The van der Waals surface area contributed by atoms with E-state index in [0.29, 0.717) is 0 Å². The van der Waals surface area contributed by atoms with Crippen molar-refractivity contribution in [3.63, 3.8) is 0 Å². The van der Waals surface area contributed by atoms with Crippen LogP contribution in [0.2, 0.25) is 0 Å². The Labute approximate surface area is 160 Å². The fourth-order valence-corrected chi connectivity index (χ4v) is 4.20. The molecule has 0 N–H and O–H groups in total. The maximum atomic E-state index is 3.68. The SMILES string of the molecule is Brc1ccccc1-c1ccc2c(c1)c1ccccc1n2-c1ccccc1. The molecule has 0 radical (unpaired) electrons. The second-order valence-corrected chi connectivity index (χ2v) is 7.25. The smallest absolute Gasteiger partial charge is 0.0541 e. The number of para-hydroxylation sites is 2. The van der Waals surface area contributed by atoms with E-state index in [-0.39, 0.29) is 0 Å². The zero-order valence-electron chi connectivity index (χ0n) is 14.1. The lowest BCUT2D eigenvalue weighted by atomic mass is 10.0. The van der Waals surface area contributed by atoms with Gasteiger partial charge in [0.2, 0.25) is 0 Å². The van der Waals surface area contributed by atoms with Crippen molar-refractivity contribution in [1.29, 1.82) is 0 Å². The third-order valence-electron chi connectivity index (χ3n) is 4.87.